The van der Waals surface area contributed by atoms with Gasteiger partial charge >= 0.3 is 0 Å². The van der Waals surface area contributed by atoms with Crippen molar-refractivity contribution in [3.8, 4) is 17.2 Å². The van der Waals surface area contributed by atoms with Crippen molar-refractivity contribution < 1.29 is 24.4 Å². The highest BCUT2D eigenvalue weighted by Gasteiger charge is 2.26. The molecule has 32 heavy (non-hydrogen) atoms. The summed E-state index contributed by atoms with van der Waals surface area (Å²) < 4.78 is 16.8. The third-order valence-electron chi connectivity index (χ3n) is 6.18. The van der Waals surface area contributed by atoms with Crippen LogP contribution in [0, 0.1) is 0 Å². The van der Waals surface area contributed by atoms with Gasteiger partial charge in [-0.3, -0.25) is 0 Å². The monoisotopic (exact) mass is 436 g/mol. The Balaban J connectivity index is 2.15. The quantitative estimate of drug-likeness (QED) is 0.494. The normalized spacial score (nSPS) is 12.8. The van der Waals surface area contributed by atoms with Crippen LogP contribution in [0.5, 0.6) is 17.2 Å². The highest BCUT2D eigenvalue weighted by atomic mass is 16.5. The van der Waals surface area contributed by atoms with E-state index in [0.717, 1.165) is 33.6 Å². The molecule has 0 bridgehead atoms. The highest BCUT2D eigenvalue weighted by Crippen LogP contribution is 2.45. The Morgan fingerprint density at radius 3 is 1.66 bits per heavy atom. The molecule has 0 saturated carbocycles. The van der Waals surface area contributed by atoms with E-state index >= 15 is 0 Å². The van der Waals surface area contributed by atoms with Crippen molar-refractivity contribution in [2.24, 2.45) is 0 Å². The van der Waals surface area contributed by atoms with Crippen molar-refractivity contribution in [3.05, 3.63) is 88.0 Å². The van der Waals surface area contributed by atoms with Gasteiger partial charge in [0.05, 0.1) is 34.5 Å². The average molecular weight is 437 g/mol. The van der Waals surface area contributed by atoms with E-state index < -0.39 is 0 Å². The van der Waals surface area contributed by atoms with Gasteiger partial charge in [0, 0.05) is 23.0 Å². The summed E-state index contributed by atoms with van der Waals surface area (Å²) in [5.74, 6) is 2.03. The molecule has 0 radical (unpaired) electrons. The molecular weight excluding hydrogens is 404 g/mol. The van der Waals surface area contributed by atoms with Gasteiger partial charge in [0.25, 0.3) is 0 Å². The lowest BCUT2D eigenvalue weighted by molar-refractivity contribution is 0.267. The molecule has 5 nitrogen and oxygen atoms in total. The van der Waals surface area contributed by atoms with E-state index in [9.17, 15) is 10.2 Å². The minimum absolute atomic E-state index is 0.00603. The molecule has 5 heteroatoms. The summed E-state index contributed by atoms with van der Waals surface area (Å²) in [5.41, 5.74) is 5.76. The van der Waals surface area contributed by atoms with Crippen LogP contribution in [0.25, 0.3) is 0 Å². The first kappa shape index (κ1) is 23.6. The van der Waals surface area contributed by atoms with Gasteiger partial charge in [-0.2, -0.15) is 0 Å². The molecule has 2 unspecified atom stereocenters. The van der Waals surface area contributed by atoms with Crippen molar-refractivity contribution in [1.29, 1.82) is 0 Å². The standard InChI is InChI=1S/C27H32O5/c1-17(20-8-6-19(15-28)7-9-20)23-14-24(26(31-4)27(32-5)25(23)16-29)18(2)21-10-12-22(30-3)13-11-21/h6-14,17-18,28-29H,15-16H2,1-5H3. The maximum absolute atomic E-state index is 10.3. The van der Waals surface area contributed by atoms with Gasteiger partial charge < -0.3 is 24.4 Å². The molecule has 0 aliphatic heterocycles. The summed E-state index contributed by atoms with van der Waals surface area (Å²) in [6.45, 7) is 4.08. The predicted octanol–water partition coefficient (Wildman–Crippen LogP) is 5.00. The van der Waals surface area contributed by atoms with Crippen LogP contribution in [-0.4, -0.2) is 31.5 Å². The Hall–Kier alpha value is -3.02. The Morgan fingerprint density at radius 2 is 1.19 bits per heavy atom. The fourth-order valence-corrected chi connectivity index (χ4v) is 4.18. The predicted molar refractivity (Wildman–Crippen MR) is 126 cm³/mol. The second-order valence-corrected chi connectivity index (χ2v) is 7.87. The lowest BCUT2D eigenvalue weighted by atomic mass is 9.83. The molecule has 0 heterocycles. The fourth-order valence-electron chi connectivity index (χ4n) is 4.18. The third-order valence-corrected chi connectivity index (χ3v) is 6.18. The maximum Gasteiger partial charge on any atom is 0.166 e. The lowest BCUT2D eigenvalue weighted by Gasteiger charge is -2.25. The fraction of sp³-hybridized carbons (Fsp3) is 0.333. The molecular formula is C27H32O5. The Kier molecular flexibility index (Phi) is 7.78. The molecule has 0 spiro atoms. The number of hydrogen-bond donors (Lipinski definition) is 2. The number of aliphatic hydroxyl groups excluding tert-OH is 2. The second-order valence-electron chi connectivity index (χ2n) is 7.87. The summed E-state index contributed by atoms with van der Waals surface area (Å²) in [6, 6.07) is 18.0. The largest absolute Gasteiger partial charge is 0.497 e. The summed E-state index contributed by atoms with van der Waals surface area (Å²) >= 11 is 0. The first-order chi connectivity index (χ1) is 15.5. The average Bonchev–Trinajstić information content (AvgIpc) is 2.86. The number of benzene rings is 3. The van der Waals surface area contributed by atoms with E-state index in [0.29, 0.717) is 17.1 Å². The van der Waals surface area contributed by atoms with Crippen LogP contribution in [0.4, 0.5) is 0 Å². The van der Waals surface area contributed by atoms with E-state index in [2.05, 4.69) is 19.9 Å². The summed E-state index contributed by atoms with van der Waals surface area (Å²) in [4.78, 5) is 0. The molecule has 0 amide bonds. The molecule has 2 N–H and O–H groups in total. The van der Waals surface area contributed by atoms with Crippen molar-refractivity contribution in [1.82, 2.24) is 0 Å². The zero-order valence-corrected chi connectivity index (χ0v) is 19.4. The van der Waals surface area contributed by atoms with Crippen molar-refractivity contribution in [2.75, 3.05) is 21.3 Å². The SMILES string of the molecule is COc1ccc(C(C)c2cc(C(C)c3ccc(CO)cc3)c(CO)c(OC)c2OC)cc1. The smallest absolute Gasteiger partial charge is 0.166 e. The third kappa shape index (κ3) is 4.59. The van der Waals surface area contributed by atoms with Crippen LogP contribution >= 0.6 is 0 Å². The van der Waals surface area contributed by atoms with Crippen LogP contribution in [0.2, 0.25) is 0 Å². The molecule has 0 aliphatic carbocycles. The van der Waals surface area contributed by atoms with Gasteiger partial charge in [0.1, 0.15) is 5.75 Å². The minimum Gasteiger partial charge on any atom is -0.497 e. The number of methoxy groups -OCH3 is 3. The Labute approximate surface area is 190 Å². The highest BCUT2D eigenvalue weighted by molar-refractivity contribution is 5.60. The zero-order chi connectivity index (χ0) is 23.3. The van der Waals surface area contributed by atoms with Gasteiger partial charge in [-0.25, -0.2) is 0 Å². The van der Waals surface area contributed by atoms with Crippen molar-refractivity contribution >= 4 is 0 Å². The topological polar surface area (TPSA) is 68.2 Å². The zero-order valence-electron chi connectivity index (χ0n) is 19.4. The van der Waals surface area contributed by atoms with Gasteiger partial charge in [0.2, 0.25) is 0 Å². The van der Waals surface area contributed by atoms with Gasteiger partial charge in [-0.05, 0) is 34.4 Å². The summed E-state index contributed by atoms with van der Waals surface area (Å²) in [5, 5.41) is 19.6. The molecule has 3 aromatic rings. The van der Waals surface area contributed by atoms with Crippen LogP contribution in [0.15, 0.2) is 54.6 Å². The van der Waals surface area contributed by atoms with E-state index in [-0.39, 0.29) is 25.0 Å². The van der Waals surface area contributed by atoms with E-state index in [4.69, 9.17) is 14.2 Å². The molecule has 2 atom stereocenters. The number of hydrogen-bond acceptors (Lipinski definition) is 5. The van der Waals surface area contributed by atoms with Crippen LogP contribution in [0.1, 0.15) is 59.1 Å². The number of ether oxygens (including phenoxy) is 3. The van der Waals surface area contributed by atoms with Crippen LogP contribution in [-0.2, 0) is 13.2 Å². The number of rotatable bonds is 9. The minimum atomic E-state index is -0.162. The maximum atomic E-state index is 10.3. The van der Waals surface area contributed by atoms with E-state index in [1.165, 1.54) is 0 Å². The molecule has 170 valence electrons. The van der Waals surface area contributed by atoms with Gasteiger partial charge in [-0.15, -0.1) is 0 Å². The molecule has 3 rings (SSSR count). The lowest BCUT2D eigenvalue weighted by Crippen LogP contribution is -2.10. The Bertz CT molecular complexity index is 946. The molecule has 0 aliphatic rings. The van der Waals surface area contributed by atoms with Gasteiger partial charge in [0.15, 0.2) is 11.5 Å². The van der Waals surface area contributed by atoms with E-state index in [1.54, 1.807) is 21.3 Å². The second kappa shape index (κ2) is 10.5. The molecule has 3 aromatic carbocycles. The molecule has 0 aromatic heterocycles. The first-order valence-corrected chi connectivity index (χ1v) is 10.7. The summed E-state index contributed by atoms with van der Waals surface area (Å²) in [7, 11) is 4.88. The van der Waals surface area contributed by atoms with E-state index in [1.807, 2.05) is 48.5 Å². The summed E-state index contributed by atoms with van der Waals surface area (Å²) in [6.07, 6.45) is 0. The Morgan fingerprint density at radius 1 is 0.656 bits per heavy atom. The van der Waals surface area contributed by atoms with Crippen LogP contribution in [0.3, 0.4) is 0 Å². The number of aliphatic hydroxyl groups is 2. The van der Waals surface area contributed by atoms with Gasteiger partial charge in [-0.1, -0.05) is 56.3 Å². The first-order valence-electron chi connectivity index (χ1n) is 10.7. The van der Waals surface area contributed by atoms with Crippen molar-refractivity contribution in [2.45, 2.75) is 38.9 Å². The van der Waals surface area contributed by atoms with Crippen molar-refractivity contribution in [3.63, 3.8) is 0 Å². The van der Waals surface area contributed by atoms with Crippen LogP contribution < -0.4 is 14.2 Å². The molecule has 0 fully saturated rings. The molecule has 0 saturated heterocycles.